The second-order valence-electron chi connectivity index (χ2n) is 9.87. The van der Waals surface area contributed by atoms with Gasteiger partial charge < -0.3 is 14.8 Å². The average molecular weight is 521 g/mol. The van der Waals surface area contributed by atoms with Gasteiger partial charge in [-0.3, -0.25) is 14.5 Å². The van der Waals surface area contributed by atoms with Crippen molar-refractivity contribution in [1.82, 2.24) is 24.8 Å². The van der Waals surface area contributed by atoms with Crippen molar-refractivity contribution in [2.24, 2.45) is 0 Å². The number of aromatic nitrogens is 3. The van der Waals surface area contributed by atoms with E-state index >= 15 is 0 Å². The van der Waals surface area contributed by atoms with Gasteiger partial charge in [-0.2, -0.15) is 0 Å². The van der Waals surface area contributed by atoms with Crippen LogP contribution in [0.1, 0.15) is 53.8 Å². The van der Waals surface area contributed by atoms with Crippen LogP contribution in [0.4, 0.5) is 5.82 Å². The van der Waals surface area contributed by atoms with Gasteiger partial charge in [0.05, 0.1) is 5.02 Å². The van der Waals surface area contributed by atoms with E-state index in [1.165, 1.54) is 6.92 Å². The fourth-order valence-corrected chi connectivity index (χ4v) is 5.84. The molecule has 4 heterocycles. The largest absolute Gasteiger partial charge is 0.353 e. The molecule has 1 atom stereocenters. The van der Waals surface area contributed by atoms with Gasteiger partial charge in [0.2, 0.25) is 0 Å². The number of hydrogen-bond donors (Lipinski definition) is 1. The first-order chi connectivity index (χ1) is 17.9. The smallest absolute Gasteiger partial charge is 0.253 e. The summed E-state index contributed by atoms with van der Waals surface area (Å²) in [5.74, 6) is 1.64. The molecule has 2 fully saturated rings. The minimum absolute atomic E-state index is 0.00864. The van der Waals surface area contributed by atoms with Crippen molar-refractivity contribution >= 4 is 29.1 Å². The Kier molecular flexibility index (Phi) is 7.58. The summed E-state index contributed by atoms with van der Waals surface area (Å²) < 4.78 is 0. The summed E-state index contributed by atoms with van der Waals surface area (Å²) in [6, 6.07) is 9.79. The molecule has 0 bridgehead atoms. The summed E-state index contributed by atoms with van der Waals surface area (Å²) in [5, 5.41) is 0.639. The van der Waals surface area contributed by atoms with Crippen molar-refractivity contribution in [2.45, 2.75) is 45.2 Å². The number of likely N-dealkylation sites (tertiary alicyclic amines) is 1. The van der Waals surface area contributed by atoms with E-state index in [1.807, 2.05) is 17.2 Å². The number of hydrogen-bond acceptors (Lipinski definition) is 6. The standard InChI is InChI=1S/C28H33ClN6O2/c1-3-23-18-34(27-25(29)16-22(17-32-27)26-30-10-11-31-26)14-15-35(23)24-8-12-33(13-9-24)28(37)21-6-4-20(5-7-21)19(2)36/h4-7,10-11,16-17,23-24H,3,8-9,12-15,18H2,1-2H3,(H,30,31)/t23-/m0/s1. The Labute approximate surface area is 222 Å². The van der Waals surface area contributed by atoms with E-state index in [-0.39, 0.29) is 11.7 Å². The Morgan fingerprint density at radius 1 is 1.05 bits per heavy atom. The predicted molar refractivity (Wildman–Crippen MR) is 145 cm³/mol. The van der Waals surface area contributed by atoms with Gasteiger partial charge in [-0.25, -0.2) is 9.97 Å². The monoisotopic (exact) mass is 520 g/mol. The molecule has 0 radical (unpaired) electrons. The molecule has 37 heavy (non-hydrogen) atoms. The second-order valence-corrected chi connectivity index (χ2v) is 10.3. The fourth-order valence-electron chi connectivity index (χ4n) is 5.55. The van der Waals surface area contributed by atoms with Gasteiger partial charge in [0.25, 0.3) is 5.91 Å². The number of aromatic amines is 1. The number of pyridine rings is 1. The van der Waals surface area contributed by atoms with E-state index in [9.17, 15) is 9.59 Å². The molecule has 194 valence electrons. The van der Waals surface area contributed by atoms with Crippen molar-refractivity contribution in [1.29, 1.82) is 0 Å². The first kappa shape index (κ1) is 25.4. The summed E-state index contributed by atoms with van der Waals surface area (Å²) in [4.78, 5) is 43.5. The van der Waals surface area contributed by atoms with Gasteiger partial charge in [0, 0.05) is 80.1 Å². The van der Waals surface area contributed by atoms with E-state index in [4.69, 9.17) is 11.6 Å². The quantitative estimate of drug-likeness (QED) is 0.480. The highest BCUT2D eigenvalue weighted by atomic mass is 35.5. The molecule has 1 aromatic carbocycles. The number of nitrogens with one attached hydrogen (secondary N) is 1. The van der Waals surface area contributed by atoms with Crippen LogP contribution in [0.3, 0.4) is 0 Å². The van der Waals surface area contributed by atoms with E-state index < -0.39 is 0 Å². The predicted octanol–water partition coefficient (Wildman–Crippen LogP) is 4.53. The van der Waals surface area contributed by atoms with Crippen molar-refractivity contribution in [3.63, 3.8) is 0 Å². The summed E-state index contributed by atoms with van der Waals surface area (Å²) in [7, 11) is 0. The normalized spacial score (nSPS) is 19.3. The number of amides is 1. The number of ketones is 1. The van der Waals surface area contributed by atoms with Crippen LogP contribution in [0.25, 0.3) is 11.4 Å². The molecule has 0 unspecified atom stereocenters. The second kappa shape index (κ2) is 11.0. The lowest BCUT2D eigenvalue weighted by molar-refractivity contribution is 0.0490. The van der Waals surface area contributed by atoms with Gasteiger partial charge in [-0.05, 0) is 44.4 Å². The number of Topliss-reactive ketones (excluding diaryl/α,β-unsaturated/α-hetero) is 1. The van der Waals surface area contributed by atoms with Crippen LogP contribution in [-0.2, 0) is 0 Å². The number of piperidine rings is 1. The van der Waals surface area contributed by atoms with Gasteiger partial charge in [-0.15, -0.1) is 0 Å². The Hall–Kier alpha value is -3.23. The molecule has 9 heteroatoms. The Morgan fingerprint density at radius 3 is 2.41 bits per heavy atom. The molecule has 1 amide bonds. The minimum Gasteiger partial charge on any atom is -0.353 e. The number of imidazole rings is 1. The lowest BCUT2D eigenvalue weighted by Crippen LogP contribution is -2.58. The molecule has 2 aromatic heterocycles. The van der Waals surface area contributed by atoms with Crippen LogP contribution in [0.5, 0.6) is 0 Å². The SMILES string of the molecule is CC[C@H]1CN(c2ncc(-c3ncc[nH]3)cc2Cl)CCN1C1CCN(C(=O)c2ccc(C(C)=O)cc2)CC1. The zero-order chi connectivity index (χ0) is 25.9. The third kappa shape index (κ3) is 5.40. The lowest BCUT2D eigenvalue weighted by atomic mass is 9.97. The van der Waals surface area contributed by atoms with Crippen LogP contribution < -0.4 is 4.90 Å². The number of benzene rings is 1. The maximum Gasteiger partial charge on any atom is 0.253 e. The summed E-state index contributed by atoms with van der Waals surface area (Å²) >= 11 is 6.66. The number of carbonyl (C=O) groups is 2. The van der Waals surface area contributed by atoms with E-state index in [0.717, 1.165) is 69.2 Å². The number of H-pyrrole nitrogens is 1. The zero-order valence-corrected chi connectivity index (χ0v) is 22.1. The first-order valence-corrected chi connectivity index (χ1v) is 13.4. The molecular weight excluding hydrogens is 488 g/mol. The molecule has 3 aromatic rings. The maximum absolute atomic E-state index is 13.0. The van der Waals surface area contributed by atoms with Gasteiger partial charge in [0.1, 0.15) is 11.6 Å². The highest BCUT2D eigenvalue weighted by Crippen LogP contribution is 2.31. The minimum atomic E-state index is 0.00864. The molecule has 5 rings (SSSR count). The molecular formula is C28H33ClN6O2. The van der Waals surface area contributed by atoms with E-state index in [1.54, 1.807) is 36.7 Å². The van der Waals surface area contributed by atoms with Crippen LogP contribution in [0, 0.1) is 0 Å². The van der Waals surface area contributed by atoms with Crippen molar-refractivity contribution in [2.75, 3.05) is 37.6 Å². The van der Waals surface area contributed by atoms with Gasteiger partial charge in [-0.1, -0.05) is 30.7 Å². The third-order valence-corrected chi connectivity index (χ3v) is 7.93. The Balaban J connectivity index is 1.19. The fraction of sp³-hybridized carbons (Fsp3) is 0.429. The number of halogens is 1. The third-order valence-electron chi connectivity index (χ3n) is 7.65. The number of anilines is 1. The molecule has 2 aliphatic heterocycles. The van der Waals surface area contributed by atoms with E-state index in [2.05, 4.69) is 31.7 Å². The van der Waals surface area contributed by atoms with Gasteiger partial charge in [0.15, 0.2) is 5.78 Å². The molecule has 0 spiro atoms. The average Bonchev–Trinajstić information content (AvgIpc) is 3.48. The van der Waals surface area contributed by atoms with Crippen LogP contribution in [0.2, 0.25) is 5.02 Å². The molecule has 2 saturated heterocycles. The first-order valence-electron chi connectivity index (χ1n) is 13.0. The summed E-state index contributed by atoms with van der Waals surface area (Å²) in [5.41, 5.74) is 2.15. The van der Waals surface area contributed by atoms with Crippen molar-refractivity contribution in [3.05, 3.63) is 65.1 Å². The van der Waals surface area contributed by atoms with Gasteiger partial charge >= 0.3 is 0 Å². The molecule has 1 N–H and O–H groups in total. The molecule has 0 saturated carbocycles. The summed E-state index contributed by atoms with van der Waals surface area (Å²) in [6.07, 6.45) is 8.30. The lowest BCUT2D eigenvalue weighted by Gasteiger charge is -2.47. The Morgan fingerprint density at radius 2 is 1.78 bits per heavy atom. The Bertz CT molecular complexity index is 1240. The highest BCUT2D eigenvalue weighted by molar-refractivity contribution is 6.33. The number of rotatable bonds is 6. The highest BCUT2D eigenvalue weighted by Gasteiger charge is 2.35. The molecule has 0 aliphatic carbocycles. The van der Waals surface area contributed by atoms with Crippen molar-refractivity contribution in [3.8, 4) is 11.4 Å². The number of nitrogens with zero attached hydrogens (tertiary/aromatic N) is 5. The van der Waals surface area contributed by atoms with Crippen LogP contribution in [-0.4, -0.2) is 81.2 Å². The maximum atomic E-state index is 13.0. The van der Waals surface area contributed by atoms with Crippen molar-refractivity contribution < 1.29 is 9.59 Å². The van der Waals surface area contributed by atoms with E-state index in [0.29, 0.717) is 28.2 Å². The molecule has 2 aliphatic rings. The number of piperazine rings is 1. The molecule has 8 nitrogen and oxygen atoms in total. The van der Waals surface area contributed by atoms with Crippen LogP contribution >= 0.6 is 11.6 Å². The number of carbonyl (C=O) groups excluding carboxylic acids is 2. The van der Waals surface area contributed by atoms with Crippen LogP contribution in [0.15, 0.2) is 48.9 Å². The topological polar surface area (TPSA) is 85.4 Å². The zero-order valence-electron chi connectivity index (χ0n) is 21.4. The summed E-state index contributed by atoms with van der Waals surface area (Å²) in [6.45, 7) is 7.96.